The van der Waals surface area contributed by atoms with E-state index >= 15 is 0 Å². The number of hydrogen-bond donors (Lipinski definition) is 1. The Morgan fingerprint density at radius 2 is 2.26 bits per heavy atom. The fourth-order valence-corrected chi connectivity index (χ4v) is 2.01. The molecule has 0 saturated carbocycles. The zero-order chi connectivity index (χ0) is 13.7. The summed E-state index contributed by atoms with van der Waals surface area (Å²) in [4.78, 5) is 4.32. The molecule has 0 amide bonds. The van der Waals surface area contributed by atoms with E-state index in [0.29, 0.717) is 10.8 Å². The van der Waals surface area contributed by atoms with Crippen molar-refractivity contribution in [1.82, 2.24) is 9.55 Å². The van der Waals surface area contributed by atoms with Gasteiger partial charge in [0.1, 0.15) is 5.75 Å². The molecule has 4 nitrogen and oxygen atoms in total. The summed E-state index contributed by atoms with van der Waals surface area (Å²) >= 11 is 6.03. The number of nitrogens with one attached hydrogen (secondary N) is 1. The van der Waals surface area contributed by atoms with Gasteiger partial charge in [-0.05, 0) is 18.6 Å². The van der Waals surface area contributed by atoms with Crippen molar-refractivity contribution in [2.24, 2.45) is 0 Å². The number of methoxy groups -OCH3 is 1. The molecule has 2 rings (SSSR count). The van der Waals surface area contributed by atoms with E-state index in [1.54, 1.807) is 13.3 Å². The second kappa shape index (κ2) is 6.48. The third-order valence-electron chi connectivity index (χ3n) is 2.87. The molecule has 0 radical (unpaired) electrons. The Morgan fingerprint density at radius 3 is 3.00 bits per heavy atom. The quantitative estimate of drug-likeness (QED) is 0.819. The zero-order valence-corrected chi connectivity index (χ0v) is 11.9. The standard InChI is InChI=1S/C14H18ClN3O/c1-3-4-7-16-14-17-8-9-18(14)11-5-6-12(15)13(10-11)19-2/h5-6,8-10H,3-4,7H2,1-2H3,(H,16,17). The molecule has 1 heterocycles. The van der Waals surface area contributed by atoms with Crippen LogP contribution in [0.1, 0.15) is 19.8 Å². The molecule has 0 fully saturated rings. The molecule has 102 valence electrons. The minimum Gasteiger partial charge on any atom is -0.495 e. The van der Waals surface area contributed by atoms with E-state index in [2.05, 4.69) is 17.2 Å². The first-order valence-corrected chi connectivity index (χ1v) is 6.75. The highest BCUT2D eigenvalue weighted by atomic mass is 35.5. The van der Waals surface area contributed by atoms with Gasteiger partial charge in [0.25, 0.3) is 0 Å². The lowest BCUT2D eigenvalue weighted by atomic mass is 10.3. The Kier molecular flexibility index (Phi) is 4.68. The summed E-state index contributed by atoms with van der Waals surface area (Å²) in [6, 6.07) is 5.66. The number of imidazole rings is 1. The summed E-state index contributed by atoms with van der Waals surface area (Å²) in [5.41, 5.74) is 0.970. The topological polar surface area (TPSA) is 39.1 Å². The predicted molar refractivity (Wildman–Crippen MR) is 78.5 cm³/mol. The molecule has 1 aromatic heterocycles. The smallest absolute Gasteiger partial charge is 0.207 e. The first kappa shape index (κ1) is 13.7. The van der Waals surface area contributed by atoms with Crippen LogP contribution in [-0.2, 0) is 0 Å². The van der Waals surface area contributed by atoms with E-state index in [1.807, 2.05) is 29.0 Å². The van der Waals surface area contributed by atoms with Gasteiger partial charge in [-0.2, -0.15) is 0 Å². The summed E-state index contributed by atoms with van der Waals surface area (Å²) < 4.78 is 7.22. The summed E-state index contributed by atoms with van der Waals surface area (Å²) in [7, 11) is 1.61. The van der Waals surface area contributed by atoms with Crippen molar-refractivity contribution in [2.75, 3.05) is 19.0 Å². The highest BCUT2D eigenvalue weighted by Crippen LogP contribution is 2.27. The van der Waals surface area contributed by atoms with Crippen LogP contribution in [0.2, 0.25) is 5.02 Å². The van der Waals surface area contributed by atoms with Gasteiger partial charge < -0.3 is 10.1 Å². The van der Waals surface area contributed by atoms with E-state index in [9.17, 15) is 0 Å². The van der Waals surface area contributed by atoms with E-state index in [1.165, 1.54) is 0 Å². The lowest BCUT2D eigenvalue weighted by molar-refractivity contribution is 0.415. The SMILES string of the molecule is CCCCNc1nccn1-c1ccc(Cl)c(OC)c1. The van der Waals surface area contributed by atoms with Crippen molar-refractivity contribution in [1.29, 1.82) is 0 Å². The fraction of sp³-hybridized carbons (Fsp3) is 0.357. The number of aromatic nitrogens is 2. The second-order valence-electron chi connectivity index (χ2n) is 4.22. The minimum absolute atomic E-state index is 0.604. The Balaban J connectivity index is 2.24. The van der Waals surface area contributed by atoms with E-state index < -0.39 is 0 Å². The Bertz CT molecular complexity index is 539. The number of halogens is 1. The molecule has 0 saturated heterocycles. The number of ether oxygens (including phenoxy) is 1. The van der Waals surface area contributed by atoms with E-state index in [0.717, 1.165) is 31.0 Å². The number of benzene rings is 1. The van der Waals surface area contributed by atoms with Gasteiger partial charge in [-0.1, -0.05) is 24.9 Å². The van der Waals surface area contributed by atoms with Gasteiger partial charge >= 0.3 is 0 Å². The maximum Gasteiger partial charge on any atom is 0.207 e. The van der Waals surface area contributed by atoms with Crippen LogP contribution >= 0.6 is 11.6 Å². The third kappa shape index (κ3) is 3.20. The van der Waals surface area contributed by atoms with Crippen LogP contribution in [-0.4, -0.2) is 23.2 Å². The van der Waals surface area contributed by atoms with Gasteiger partial charge in [0.2, 0.25) is 5.95 Å². The Morgan fingerprint density at radius 1 is 1.42 bits per heavy atom. The van der Waals surface area contributed by atoms with Crippen molar-refractivity contribution in [3.63, 3.8) is 0 Å². The van der Waals surface area contributed by atoms with Crippen molar-refractivity contribution in [3.05, 3.63) is 35.6 Å². The largest absolute Gasteiger partial charge is 0.495 e. The molecule has 0 spiro atoms. The minimum atomic E-state index is 0.604. The molecule has 5 heteroatoms. The van der Waals surface area contributed by atoms with Gasteiger partial charge in [0.05, 0.1) is 17.8 Å². The predicted octanol–water partition coefficient (Wildman–Crippen LogP) is 3.75. The number of anilines is 1. The lowest BCUT2D eigenvalue weighted by Crippen LogP contribution is -2.07. The maximum absolute atomic E-state index is 6.03. The molecule has 1 aromatic carbocycles. The maximum atomic E-state index is 6.03. The van der Waals surface area contributed by atoms with Crippen LogP contribution in [0.15, 0.2) is 30.6 Å². The fourth-order valence-electron chi connectivity index (χ4n) is 1.82. The molecule has 0 aliphatic heterocycles. The summed E-state index contributed by atoms with van der Waals surface area (Å²) in [6.07, 6.45) is 5.96. The van der Waals surface area contributed by atoms with Crippen LogP contribution in [0.25, 0.3) is 5.69 Å². The molecular weight excluding hydrogens is 262 g/mol. The lowest BCUT2D eigenvalue weighted by Gasteiger charge is -2.11. The van der Waals surface area contributed by atoms with Crippen LogP contribution < -0.4 is 10.1 Å². The Labute approximate surface area is 118 Å². The van der Waals surface area contributed by atoms with Gasteiger partial charge in [-0.3, -0.25) is 4.57 Å². The summed E-state index contributed by atoms with van der Waals surface area (Å²) in [6.45, 7) is 3.08. The van der Waals surface area contributed by atoms with Crippen molar-refractivity contribution in [3.8, 4) is 11.4 Å². The van der Waals surface area contributed by atoms with Gasteiger partial charge in [-0.25, -0.2) is 4.98 Å². The monoisotopic (exact) mass is 279 g/mol. The van der Waals surface area contributed by atoms with Crippen molar-refractivity contribution < 1.29 is 4.74 Å². The van der Waals surface area contributed by atoms with E-state index in [4.69, 9.17) is 16.3 Å². The normalized spacial score (nSPS) is 10.5. The molecule has 0 aliphatic rings. The molecule has 1 N–H and O–H groups in total. The highest BCUT2D eigenvalue weighted by Gasteiger charge is 2.07. The number of hydrogen-bond acceptors (Lipinski definition) is 3. The molecule has 0 aliphatic carbocycles. The molecule has 2 aromatic rings. The van der Waals surface area contributed by atoms with Crippen LogP contribution in [0.5, 0.6) is 5.75 Å². The van der Waals surface area contributed by atoms with Crippen LogP contribution in [0, 0.1) is 0 Å². The number of unbranched alkanes of at least 4 members (excludes halogenated alkanes) is 1. The Hall–Kier alpha value is -1.68. The first-order valence-electron chi connectivity index (χ1n) is 6.37. The third-order valence-corrected chi connectivity index (χ3v) is 3.18. The zero-order valence-electron chi connectivity index (χ0n) is 11.2. The average Bonchev–Trinajstić information content (AvgIpc) is 2.88. The summed E-state index contributed by atoms with van der Waals surface area (Å²) in [5.74, 6) is 1.49. The molecule has 0 atom stereocenters. The first-order chi connectivity index (χ1) is 9.26. The van der Waals surface area contributed by atoms with Crippen LogP contribution in [0.3, 0.4) is 0 Å². The number of rotatable bonds is 6. The van der Waals surface area contributed by atoms with Gasteiger partial charge in [0, 0.05) is 25.0 Å². The van der Waals surface area contributed by atoms with Gasteiger partial charge in [0.15, 0.2) is 0 Å². The molecular formula is C14H18ClN3O. The highest BCUT2D eigenvalue weighted by molar-refractivity contribution is 6.32. The molecule has 19 heavy (non-hydrogen) atoms. The van der Waals surface area contributed by atoms with Crippen molar-refractivity contribution in [2.45, 2.75) is 19.8 Å². The van der Waals surface area contributed by atoms with E-state index in [-0.39, 0.29) is 0 Å². The average molecular weight is 280 g/mol. The van der Waals surface area contributed by atoms with Gasteiger partial charge in [-0.15, -0.1) is 0 Å². The summed E-state index contributed by atoms with van der Waals surface area (Å²) in [5, 5.41) is 3.93. The van der Waals surface area contributed by atoms with Crippen molar-refractivity contribution >= 4 is 17.5 Å². The molecule has 0 bridgehead atoms. The number of nitrogens with zero attached hydrogens (tertiary/aromatic N) is 2. The van der Waals surface area contributed by atoms with Crippen LogP contribution in [0.4, 0.5) is 5.95 Å². The second-order valence-corrected chi connectivity index (χ2v) is 4.63. The molecule has 0 unspecified atom stereocenters.